The summed E-state index contributed by atoms with van der Waals surface area (Å²) in [6.45, 7) is 1.29. The van der Waals surface area contributed by atoms with Gasteiger partial charge in [-0.1, -0.05) is 11.6 Å². The molecule has 0 bridgehead atoms. The third-order valence-corrected chi connectivity index (χ3v) is 4.93. The maximum Gasteiger partial charge on any atom is 0.417 e. The minimum absolute atomic E-state index is 0. The van der Waals surface area contributed by atoms with Crippen LogP contribution in [0.2, 0.25) is 5.02 Å². The van der Waals surface area contributed by atoms with E-state index in [1.165, 1.54) is 6.42 Å². The largest absolute Gasteiger partial charge is 0.417 e. The summed E-state index contributed by atoms with van der Waals surface area (Å²) in [7, 11) is 1.73. The highest BCUT2D eigenvalue weighted by Gasteiger charge is 2.33. The molecule has 1 unspecified atom stereocenters. The van der Waals surface area contributed by atoms with Gasteiger partial charge in [0.1, 0.15) is 5.82 Å². The summed E-state index contributed by atoms with van der Waals surface area (Å²) >= 11 is 6.03. The molecule has 1 saturated heterocycles. The van der Waals surface area contributed by atoms with Gasteiger partial charge in [0.15, 0.2) is 5.96 Å². The lowest BCUT2D eigenvalue weighted by molar-refractivity contribution is -0.137. The summed E-state index contributed by atoms with van der Waals surface area (Å²) in [6, 6.07) is 1.56. The number of aliphatic imine (C=N–C) groups is 1. The van der Waals surface area contributed by atoms with E-state index >= 15 is 0 Å². The van der Waals surface area contributed by atoms with Gasteiger partial charge in [-0.25, -0.2) is 4.98 Å². The second-order valence-electron chi connectivity index (χ2n) is 6.45. The van der Waals surface area contributed by atoms with Crippen molar-refractivity contribution in [1.29, 1.82) is 0 Å². The van der Waals surface area contributed by atoms with Crippen LogP contribution in [0.5, 0.6) is 0 Å². The second kappa shape index (κ2) is 8.81. The van der Waals surface area contributed by atoms with Gasteiger partial charge < -0.3 is 15.5 Å². The van der Waals surface area contributed by atoms with Crippen molar-refractivity contribution >= 4 is 47.4 Å². The van der Waals surface area contributed by atoms with Crippen molar-refractivity contribution in [3.63, 3.8) is 0 Å². The molecule has 0 radical (unpaired) electrons. The Morgan fingerprint density at radius 3 is 2.50 bits per heavy atom. The molecule has 2 N–H and O–H groups in total. The summed E-state index contributed by atoms with van der Waals surface area (Å²) in [6.07, 6.45) is 0.780. The monoisotopic (exact) mass is 503 g/mol. The minimum atomic E-state index is -4.44. The number of aromatic nitrogens is 1. The average molecular weight is 504 g/mol. The number of anilines is 1. The first-order valence-corrected chi connectivity index (χ1v) is 8.72. The molecule has 1 saturated carbocycles. The molecular weight excluding hydrogens is 482 g/mol. The molecule has 1 atom stereocenters. The molecular formula is C16H22ClF3IN5. The first-order chi connectivity index (χ1) is 11.9. The lowest BCUT2D eigenvalue weighted by atomic mass is 9.93. The molecule has 3 rings (SSSR count). The number of halogens is 5. The van der Waals surface area contributed by atoms with Crippen LogP contribution in [-0.2, 0) is 6.18 Å². The van der Waals surface area contributed by atoms with Gasteiger partial charge in [0.25, 0.3) is 0 Å². The van der Waals surface area contributed by atoms with Crippen LogP contribution in [0.15, 0.2) is 17.3 Å². The molecule has 2 aliphatic rings. The van der Waals surface area contributed by atoms with E-state index in [1.54, 1.807) is 7.05 Å². The van der Waals surface area contributed by atoms with Gasteiger partial charge in [0.05, 0.1) is 10.6 Å². The Hall–Kier alpha value is -0.970. The van der Waals surface area contributed by atoms with E-state index in [-0.39, 0.29) is 35.0 Å². The normalized spacial score (nSPS) is 21.2. The highest BCUT2D eigenvalue weighted by molar-refractivity contribution is 14.0. The third-order valence-electron chi connectivity index (χ3n) is 4.65. The van der Waals surface area contributed by atoms with Crippen LogP contribution in [0, 0.1) is 0 Å². The first kappa shape index (κ1) is 21.3. The molecule has 1 aliphatic carbocycles. The number of pyridine rings is 1. The van der Waals surface area contributed by atoms with Gasteiger partial charge >= 0.3 is 6.18 Å². The number of rotatable bonds is 3. The Morgan fingerprint density at radius 2 is 1.96 bits per heavy atom. The lowest BCUT2D eigenvalue weighted by Crippen LogP contribution is -2.50. The summed E-state index contributed by atoms with van der Waals surface area (Å²) in [4.78, 5) is 10.1. The lowest BCUT2D eigenvalue weighted by Gasteiger charge is -2.29. The SMILES string of the molecule is CN=C(NC1CCC1)NC1CCN(c2ncc(C(F)(F)F)cc2Cl)C1.I. The molecule has 0 amide bonds. The molecule has 1 aromatic rings. The highest BCUT2D eigenvalue weighted by Crippen LogP contribution is 2.34. The van der Waals surface area contributed by atoms with E-state index in [1.807, 2.05) is 4.90 Å². The molecule has 146 valence electrons. The predicted molar refractivity (Wildman–Crippen MR) is 108 cm³/mol. The molecule has 0 aromatic carbocycles. The number of guanidine groups is 1. The number of nitrogens with one attached hydrogen (secondary N) is 2. The van der Waals surface area contributed by atoms with Gasteiger partial charge in [-0.05, 0) is 31.7 Å². The fraction of sp³-hybridized carbons (Fsp3) is 0.625. The van der Waals surface area contributed by atoms with E-state index in [0.717, 1.165) is 37.5 Å². The predicted octanol–water partition coefficient (Wildman–Crippen LogP) is 3.67. The first-order valence-electron chi connectivity index (χ1n) is 8.34. The quantitative estimate of drug-likeness (QED) is 0.376. The summed E-state index contributed by atoms with van der Waals surface area (Å²) in [5.41, 5.74) is -0.833. The summed E-state index contributed by atoms with van der Waals surface area (Å²) in [5.74, 6) is 1.16. The van der Waals surface area contributed by atoms with E-state index < -0.39 is 11.7 Å². The van der Waals surface area contributed by atoms with Crippen molar-refractivity contribution in [2.45, 2.75) is 43.9 Å². The summed E-state index contributed by atoms with van der Waals surface area (Å²) in [5, 5.41) is 6.76. The van der Waals surface area contributed by atoms with Crippen molar-refractivity contribution in [3.05, 3.63) is 22.8 Å². The van der Waals surface area contributed by atoms with Crippen molar-refractivity contribution in [2.24, 2.45) is 4.99 Å². The zero-order valence-corrected chi connectivity index (χ0v) is 17.4. The van der Waals surface area contributed by atoms with Gasteiger partial charge in [0, 0.05) is 38.4 Å². The third kappa shape index (κ3) is 5.05. The molecule has 2 heterocycles. The van der Waals surface area contributed by atoms with E-state index in [0.29, 0.717) is 24.9 Å². The van der Waals surface area contributed by atoms with Crippen LogP contribution in [0.1, 0.15) is 31.2 Å². The number of nitrogens with zero attached hydrogens (tertiary/aromatic N) is 3. The van der Waals surface area contributed by atoms with Crippen molar-refractivity contribution in [2.75, 3.05) is 25.0 Å². The standard InChI is InChI=1S/C16H21ClF3N5.HI/c1-21-15(23-11-3-2-4-11)24-12-5-6-25(9-12)14-13(17)7-10(8-22-14)16(18,19)20;/h7-8,11-12H,2-6,9H2,1H3,(H2,21,23,24);1H. The van der Waals surface area contributed by atoms with Gasteiger partial charge in [-0.15, -0.1) is 24.0 Å². The molecule has 1 aromatic heterocycles. The van der Waals surface area contributed by atoms with Gasteiger partial charge in [0.2, 0.25) is 0 Å². The number of hydrogen-bond donors (Lipinski definition) is 2. The molecule has 10 heteroatoms. The number of alkyl halides is 3. The van der Waals surface area contributed by atoms with Crippen LogP contribution < -0.4 is 15.5 Å². The van der Waals surface area contributed by atoms with E-state index in [9.17, 15) is 13.2 Å². The van der Waals surface area contributed by atoms with Crippen molar-refractivity contribution in [1.82, 2.24) is 15.6 Å². The Balaban J connectivity index is 0.00000243. The highest BCUT2D eigenvalue weighted by atomic mass is 127. The maximum atomic E-state index is 12.7. The zero-order chi connectivity index (χ0) is 18.0. The smallest absolute Gasteiger partial charge is 0.354 e. The maximum absolute atomic E-state index is 12.7. The second-order valence-corrected chi connectivity index (χ2v) is 6.85. The Morgan fingerprint density at radius 1 is 1.27 bits per heavy atom. The molecule has 5 nitrogen and oxygen atoms in total. The molecule has 0 spiro atoms. The average Bonchev–Trinajstić information content (AvgIpc) is 2.96. The fourth-order valence-corrected chi connectivity index (χ4v) is 3.28. The van der Waals surface area contributed by atoms with Crippen LogP contribution in [0.4, 0.5) is 19.0 Å². The fourth-order valence-electron chi connectivity index (χ4n) is 3.00. The molecule has 26 heavy (non-hydrogen) atoms. The minimum Gasteiger partial charge on any atom is -0.354 e. The zero-order valence-electron chi connectivity index (χ0n) is 14.3. The van der Waals surface area contributed by atoms with Gasteiger partial charge in [-0.3, -0.25) is 4.99 Å². The van der Waals surface area contributed by atoms with E-state index in [4.69, 9.17) is 11.6 Å². The Bertz CT molecular complexity index is 651. The van der Waals surface area contributed by atoms with Crippen LogP contribution >= 0.6 is 35.6 Å². The van der Waals surface area contributed by atoms with Crippen molar-refractivity contribution in [3.8, 4) is 0 Å². The topological polar surface area (TPSA) is 52.6 Å². The Labute approximate surface area is 172 Å². The Kier molecular flexibility index (Phi) is 7.23. The van der Waals surface area contributed by atoms with Gasteiger partial charge in [-0.2, -0.15) is 13.2 Å². The van der Waals surface area contributed by atoms with E-state index in [2.05, 4.69) is 20.6 Å². The summed E-state index contributed by atoms with van der Waals surface area (Å²) < 4.78 is 38.2. The van der Waals surface area contributed by atoms with Crippen LogP contribution in [-0.4, -0.2) is 43.2 Å². The van der Waals surface area contributed by atoms with Crippen LogP contribution in [0.25, 0.3) is 0 Å². The molecule has 1 aliphatic heterocycles. The van der Waals surface area contributed by atoms with Crippen LogP contribution in [0.3, 0.4) is 0 Å². The molecule has 2 fully saturated rings. The number of hydrogen-bond acceptors (Lipinski definition) is 3. The van der Waals surface area contributed by atoms with Crippen molar-refractivity contribution < 1.29 is 13.2 Å².